The van der Waals surface area contributed by atoms with E-state index in [-0.39, 0.29) is 7.69 Å². The normalized spacial score (nSPS) is 9.21. The molecule has 0 fully saturated rings. The summed E-state index contributed by atoms with van der Waals surface area (Å²) in [5, 5.41) is 0. The molecule has 1 rings (SSSR count). The molecule has 3 heteroatoms. The average Bonchev–Trinajstić information content (AvgIpc) is 2.21. The second kappa shape index (κ2) is 6.14. The first kappa shape index (κ1) is 10.7. The molecular weight excluding hydrogens is 175 g/mol. The van der Waals surface area contributed by atoms with E-state index in [1.165, 1.54) is 18.2 Å². The van der Waals surface area contributed by atoms with Crippen molar-refractivity contribution in [2.24, 2.45) is 0 Å². The van der Waals surface area contributed by atoms with Crippen molar-refractivity contribution in [2.45, 2.75) is 19.8 Å². The Bertz CT molecular complexity index is 269. The van der Waals surface area contributed by atoms with Crippen LogP contribution in [0.5, 0.6) is 5.75 Å². The first-order valence-electron chi connectivity index (χ1n) is 4.81. The van der Waals surface area contributed by atoms with Crippen molar-refractivity contribution in [1.82, 2.24) is 0 Å². The zero-order valence-corrected chi connectivity index (χ0v) is 8.53. The quantitative estimate of drug-likeness (QED) is 0.389. The van der Waals surface area contributed by atoms with Crippen molar-refractivity contribution >= 4 is 7.69 Å². The Morgan fingerprint density at radius 2 is 2.07 bits per heavy atom. The molecule has 2 nitrogen and oxygen atoms in total. The van der Waals surface area contributed by atoms with Gasteiger partial charge in [-0.1, -0.05) is 32.1 Å². The lowest BCUT2D eigenvalue weighted by molar-refractivity contribution is 0.413. The van der Waals surface area contributed by atoms with Crippen LogP contribution in [0.25, 0.3) is 0 Å². The van der Waals surface area contributed by atoms with Gasteiger partial charge in [-0.15, -0.1) is 0 Å². The summed E-state index contributed by atoms with van der Waals surface area (Å²) < 4.78 is 10.1. The molecule has 0 spiro atoms. The lowest BCUT2D eigenvalue weighted by Crippen LogP contribution is -2.03. The summed E-state index contributed by atoms with van der Waals surface area (Å²) >= 11 is 0. The highest BCUT2D eigenvalue weighted by Crippen LogP contribution is 2.12. The molecule has 0 unspecified atom stereocenters. The maximum absolute atomic E-state index is 5.29. The lowest BCUT2D eigenvalue weighted by atomic mass is 10.1. The van der Waals surface area contributed by atoms with Gasteiger partial charge in [0.25, 0.3) is 0 Å². The molecule has 0 saturated heterocycles. The van der Waals surface area contributed by atoms with E-state index in [1.54, 1.807) is 0 Å². The number of benzene rings is 1. The standard InChI is InChI=1S/C11H15BO2/c1-3-5-10-6-8-11(9-7-10)14-12-13-4-2/h4,6-9,12H,2-3,5H2,1H3. The van der Waals surface area contributed by atoms with Crippen LogP contribution in [0, 0.1) is 0 Å². The van der Waals surface area contributed by atoms with Crippen LogP contribution in [0.15, 0.2) is 37.1 Å². The largest absolute Gasteiger partial charge is 0.576 e. The summed E-state index contributed by atoms with van der Waals surface area (Å²) in [6.45, 7) is 5.60. The van der Waals surface area contributed by atoms with E-state index in [0.717, 1.165) is 12.2 Å². The Morgan fingerprint density at radius 3 is 2.64 bits per heavy atom. The average molecular weight is 190 g/mol. The topological polar surface area (TPSA) is 18.5 Å². The number of hydrogen-bond acceptors (Lipinski definition) is 2. The predicted octanol–water partition coefficient (Wildman–Crippen LogP) is 2.44. The van der Waals surface area contributed by atoms with E-state index < -0.39 is 0 Å². The van der Waals surface area contributed by atoms with Crippen LogP contribution in [0.2, 0.25) is 0 Å². The van der Waals surface area contributed by atoms with E-state index in [1.807, 2.05) is 12.1 Å². The highest BCUT2D eigenvalue weighted by molar-refractivity contribution is 6.19. The van der Waals surface area contributed by atoms with Gasteiger partial charge < -0.3 is 9.31 Å². The van der Waals surface area contributed by atoms with Crippen LogP contribution in [-0.4, -0.2) is 7.69 Å². The third-order valence-electron chi connectivity index (χ3n) is 1.87. The molecule has 1 aromatic rings. The summed E-state index contributed by atoms with van der Waals surface area (Å²) in [6.07, 6.45) is 3.65. The van der Waals surface area contributed by atoms with Crippen molar-refractivity contribution in [3.63, 3.8) is 0 Å². The predicted molar refractivity (Wildman–Crippen MR) is 59.5 cm³/mol. The van der Waals surface area contributed by atoms with Gasteiger partial charge in [-0.25, -0.2) is 0 Å². The van der Waals surface area contributed by atoms with Crippen LogP contribution in [0.4, 0.5) is 0 Å². The molecule has 0 aliphatic heterocycles. The fourth-order valence-electron chi connectivity index (χ4n) is 1.19. The third kappa shape index (κ3) is 3.56. The molecule has 0 aliphatic carbocycles. The molecule has 74 valence electrons. The van der Waals surface area contributed by atoms with Gasteiger partial charge >= 0.3 is 7.69 Å². The molecule has 0 radical (unpaired) electrons. The molecule has 14 heavy (non-hydrogen) atoms. The Morgan fingerprint density at radius 1 is 1.36 bits per heavy atom. The second-order valence-electron chi connectivity index (χ2n) is 2.99. The van der Waals surface area contributed by atoms with Crippen LogP contribution in [0.3, 0.4) is 0 Å². The second-order valence-corrected chi connectivity index (χ2v) is 2.99. The lowest BCUT2D eigenvalue weighted by Gasteiger charge is -2.04. The minimum absolute atomic E-state index is 0.219. The SMILES string of the molecule is C=COBOc1ccc(CCC)cc1. The Balaban J connectivity index is 2.42. The maximum atomic E-state index is 5.29. The molecule has 0 N–H and O–H groups in total. The van der Waals surface area contributed by atoms with Gasteiger partial charge in [0, 0.05) is 0 Å². The van der Waals surface area contributed by atoms with E-state index in [9.17, 15) is 0 Å². The molecule has 0 atom stereocenters. The highest BCUT2D eigenvalue weighted by atomic mass is 16.6. The van der Waals surface area contributed by atoms with Gasteiger partial charge in [0.05, 0.1) is 6.26 Å². The first-order valence-corrected chi connectivity index (χ1v) is 4.81. The zero-order chi connectivity index (χ0) is 10.2. The first-order chi connectivity index (χ1) is 6.86. The molecule has 0 aromatic heterocycles. The molecule has 0 aliphatic rings. The van der Waals surface area contributed by atoms with E-state index in [0.29, 0.717) is 0 Å². The number of aryl methyl sites for hydroxylation is 1. The van der Waals surface area contributed by atoms with Gasteiger partial charge in [0.15, 0.2) is 0 Å². The zero-order valence-electron chi connectivity index (χ0n) is 8.53. The van der Waals surface area contributed by atoms with Crippen molar-refractivity contribution in [3.05, 3.63) is 42.7 Å². The maximum Gasteiger partial charge on any atom is 0.576 e. The molecule has 1 aromatic carbocycles. The minimum atomic E-state index is 0.219. The molecule has 0 bridgehead atoms. The highest BCUT2D eigenvalue weighted by Gasteiger charge is 1.96. The van der Waals surface area contributed by atoms with Crippen molar-refractivity contribution in [3.8, 4) is 5.75 Å². The Hall–Kier alpha value is -1.38. The molecule has 0 amide bonds. The van der Waals surface area contributed by atoms with Crippen molar-refractivity contribution in [2.75, 3.05) is 0 Å². The van der Waals surface area contributed by atoms with Gasteiger partial charge in [-0.05, 0) is 24.1 Å². The molecule has 0 saturated carbocycles. The summed E-state index contributed by atoms with van der Waals surface area (Å²) in [5.74, 6) is 0.826. The summed E-state index contributed by atoms with van der Waals surface area (Å²) in [6, 6.07) is 8.06. The minimum Gasteiger partial charge on any atom is -0.535 e. The summed E-state index contributed by atoms with van der Waals surface area (Å²) in [4.78, 5) is 0. The van der Waals surface area contributed by atoms with Gasteiger partial charge in [0.1, 0.15) is 5.75 Å². The van der Waals surface area contributed by atoms with Gasteiger partial charge in [-0.3, -0.25) is 0 Å². The van der Waals surface area contributed by atoms with Crippen LogP contribution in [0.1, 0.15) is 18.9 Å². The molecule has 0 heterocycles. The number of rotatable bonds is 6. The van der Waals surface area contributed by atoms with Gasteiger partial charge in [-0.2, -0.15) is 0 Å². The summed E-state index contributed by atoms with van der Waals surface area (Å²) in [7, 11) is 0.219. The Labute approximate surface area is 85.9 Å². The smallest absolute Gasteiger partial charge is 0.535 e. The fourth-order valence-corrected chi connectivity index (χ4v) is 1.19. The van der Waals surface area contributed by atoms with Crippen molar-refractivity contribution in [1.29, 1.82) is 0 Å². The molecular formula is C11H15BO2. The summed E-state index contributed by atoms with van der Waals surface area (Å²) in [5.41, 5.74) is 1.34. The van der Waals surface area contributed by atoms with Crippen molar-refractivity contribution < 1.29 is 9.31 Å². The van der Waals surface area contributed by atoms with Crippen LogP contribution < -0.4 is 4.65 Å². The van der Waals surface area contributed by atoms with Crippen LogP contribution >= 0.6 is 0 Å². The van der Waals surface area contributed by atoms with E-state index >= 15 is 0 Å². The van der Waals surface area contributed by atoms with E-state index in [4.69, 9.17) is 9.31 Å². The van der Waals surface area contributed by atoms with Crippen LogP contribution in [-0.2, 0) is 11.1 Å². The third-order valence-corrected chi connectivity index (χ3v) is 1.87. The number of hydrogen-bond donors (Lipinski definition) is 0. The fraction of sp³-hybridized carbons (Fsp3) is 0.273. The van der Waals surface area contributed by atoms with Gasteiger partial charge in [0.2, 0.25) is 0 Å². The monoisotopic (exact) mass is 190 g/mol. The Kier molecular flexibility index (Phi) is 4.69. The van der Waals surface area contributed by atoms with E-state index in [2.05, 4.69) is 25.6 Å².